The van der Waals surface area contributed by atoms with Crippen LogP contribution in [0.25, 0.3) is 0 Å². The monoisotopic (exact) mass is 326 g/mol. The summed E-state index contributed by atoms with van der Waals surface area (Å²) in [5, 5.41) is 3.96. The van der Waals surface area contributed by atoms with Crippen molar-refractivity contribution in [3.05, 3.63) is 0 Å². The zero-order chi connectivity index (χ0) is 16.0. The lowest BCUT2D eigenvalue weighted by atomic mass is 9.46. The van der Waals surface area contributed by atoms with E-state index in [0.29, 0.717) is 11.3 Å². The summed E-state index contributed by atoms with van der Waals surface area (Å²) >= 11 is 1.92. The zero-order valence-electron chi connectivity index (χ0n) is 14.1. The van der Waals surface area contributed by atoms with Gasteiger partial charge in [-0.25, -0.2) is 0 Å². The Morgan fingerprint density at radius 2 is 2.05 bits per heavy atom. The van der Waals surface area contributed by atoms with Crippen molar-refractivity contribution in [2.45, 2.75) is 75.3 Å². The predicted molar refractivity (Wildman–Crippen MR) is 90.9 cm³/mol. The van der Waals surface area contributed by atoms with Crippen molar-refractivity contribution < 1.29 is 9.53 Å². The van der Waals surface area contributed by atoms with E-state index in [1.807, 2.05) is 11.8 Å². The van der Waals surface area contributed by atoms with Crippen LogP contribution in [0.4, 0.5) is 0 Å². The molecule has 0 aromatic carbocycles. The van der Waals surface area contributed by atoms with E-state index < -0.39 is 5.54 Å². The predicted octanol–water partition coefficient (Wildman–Crippen LogP) is 2.31. The van der Waals surface area contributed by atoms with Crippen LogP contribution in [0.3, 0.4) is 0 Å². The Balaban J connectivity index is 1.68. The normalized spacial score (nSPS) is 43.8. The summed E-state index contributed by atoms with van der Waals surface area (Å²) < 4.78 is 5.90. The molecule has 5 atom stereocenters. The Kier molecular flexibility index (Phi) is 4.52. The minimum atomic E-state index is -0.773. The molecule has 5 heteroatoms. The molecule has 1 heterocycles. The van der Waals surface area contributed by atoms with Gasteiger partial charge in [-0.3, -0.25) is 4.79 Å². The first-order valence-corrected chi connectivity index (χ1v) is 9.94. The van der Waals surface area contributed by atoms with E-state index >= 15 is 0 Å². The van der Waals surface area contributed by atoms with E-state index in [-0.39, 0.29) is 23.3 Å². The van der Waals surface area contributed by atoms with Crippen molar-refractivity contribution in [2.75, 3.05) is 12.9 Å². The van der Waals surface area contributed by atoms with Gasteiger partial charge < -0.3 is 15.8 Å². The molecule has 1 amide bonds. The second kappa shape index (κ2) is 5.99. The van der Waals surface area contributed by atoms with Gasteiger partial charge in [0.05, 0.1) is 6.10 Å². The molecule has 4 nitrogen and oxygen atoms in total. The lowest BCUT2D eigenvalue weighted by Gasteiger charge is -2.65. The molecule has 2 aliphatic carbocycles. The molecular weight excluding hydrogens is 296 g/mol. The van der Waals surface area contributed by atoms with Crippen molar-refractivity contribution in [1.29, 1.82) is 0 Å². The number of amides is 1. The highest BCUT2D eigenvalue weighted by Gasteiger charge is 2.70. The Hall–Kier alpha value is -0.260. The van der Waals surface area contributed by atoms with Crippen LogP contribution in [0.2, 0.25) is 0 Å². The van der Waals surface area contributed by atoms with Gasteiger partial charge in [0.25, 0.3) is 0 Å². The van der Waals surface area contributed by atoms with E-state index in [1.165, 1.54) is 12.8 Å². The van der Waals surface area contributed by atoms with Gasteiger partial charge >= 0.3 is 0 Å². The Morgan fingerprint density at radius 1 is 1.27 bits per heavy atom. The standard InChI is InChI=1S/C17H30N2O2S/c1-16(2)14-13(8-5-9-21-14)17(16,18)15(20)19-11-6-4-7-12(10-11)22-3/h11-14H,4-10,18H2,1-3H3,(H,19,20). The summed E-state index contributed by atoms with van der Waals surface area (Å²) in [6.45, 7) is 4.98. The minimum Gasteiger partial charge on any atom is -0.377 e. The number of carbonyl (C=O) groups is 1. The summed E-state index contributed by atoms with van der Waals surface area (Å²) in [4.78, 5) is 13.0. The van der Waals surface area contributed by atoms with Crippen LogP contribution in [0, 0.1) is 11.3 Å². The number of nitrogens with one attached hydrogen (secondary N) is 1. The first kappa shape index (κ1) is 16.6. The fourth-order valence-electron chi connectivity index (χ4n) is 4.83. The Labute approximate surface area is 138 Å². The van der Waals surface area contributed by atoms with Crippen molar-refractivity contribution >= 4 is 17.7 Å². The van der Waals surface area contributed by atoms with Gasteiger partial charge in [0.15, 0.2) is 0 Å². The highest BCUT2D eigenvalue weighted by molar-refractivity contribution is 7.99. The highest BCUT2D eigenvalue weighted by Crippen LogP contribution is 2.57. The van der Waals surface area contributed by atoms with Crippen LogP contribution in [-0.2, 0) is 9.53 Å². The number of hydrogen-bond acceptors (Lipinski definition) is 4. The van der Waals surface area contributed by atoms with Crippen LogP contribution in [0.1, 0.15) is 52.4 Å². The molecule has 0 spiro atoms. The summed E-state index contributed by atoms with van der Waals surface area (Å²) in [6, 6.07) is 0.290. The van der Waals surface area contributed by atoms with Crippen LogP contribution >= 0.6 is 11.8 Å². The van der Waals surface area contributed by atoms with E-state index in [1.54, 1.807) is 0 Å². The van der Waals surface area contributed by atoms with Crippen molar-refractivity contribution in [1.82, 2.24) is 5.32 Å². The van der Waals surface area contributed by atoms with E-state index in [0.717, 1.165) is 32.3 Å². The number of nitrogens with two attached hydrogens (primary N) is 1. The van der Waals surface area contributed by atoms with Gasteiger partial charge in [-0.2, -0.15) is 11.8 Å². The van der Waals surface area contributed by atoms with Crippen molar-refractivity contribution in [2.24, 2.45) is 17.1 Å². The summed E-state index contributed by atoms with van der Waals surface area (Å²) in [7, 11) is 0. The van der Waals surface area contributed by atoms with E-state index in [2.05, 4.69) is 25.4 Å². The first-order chi connectivity index (χ1) is 10.4. The van der Waals surface area contributed by atoms with Gasteiger partial charge in [0.2, 0.25) is 5.91 Å². The molecule has 0 aromatic heterocycles. The maximum absolute atomic E-state index is 13.0. The third-order valence-electron chi connectivity index (χ3n) is 6.36. The minimum absolute atomic E-state index is 0.0519. The number of carbonyl (C=O) groups excluding carboxylic acids is 1. The van der Waals surface area contributed by atoms with Gasteiger partial charge in [0, 0.05) is 29.2 Å². The molecule has 0 radical (unpaired) electrons. The number of rotatable bonds is 3. The quantitative estimate of drug-likeness (QED) is 0.835. The molecule has 3 N–H and O–H groups in total. The first-order valence-electron chi connectivity index (χ1n) is 8.65. The SMILES string of the molecule is CSC1CCCC(NC(=O)C2(N)C3CCCOC3C2(C)C)C1. The molecule has 3 fully saturated rings. The fraction of sp³-hybridized carbons (Fsp3) is 0.941. The number of hydrogen-bond donors (Lipinski definition) is 2. The maximum Gasteiger partial charge on any atom is 0.241 e. The van der Waals surface area contributed by atoms with Crippen LogP contribution < -0.4 is 11.1 Å². The van der Waals surface area contributed by atoms with Gasteiger partial charge in [-0.1, -0.05) is 20.3 Å². The molecular formula is C17H30N2O2S. The number of thioether (sulfide) groups is 1. The average Bonchev–Trinajstić information content (AvgIpc) is 2.54. The molecule has 3 aliphatic rings. The summed E-state index contributed by atoms with van der Waals surface area (Å²) in [5.74, 6) is 0.229. The molecule has 0 bridgehead atoms. The topological polar surface area (TPSA) is 64.4 Å². The van der Waals surface area contributed by atoms with Crippen LogP contribution in [0.15, 0.2) is 0 Å². The largest absolute Gasteiger partial charge is 0.377 e. The third kappa shape index (κ3) is 2.40. The molecule has 2 saturated carbocycles. The lowest BCUT2D eigenvalue weighted by Crippen LogP contribution is -2.82. The Bertz CT molecular complexity index is 442. The van der Waals surface area contributed by atoms with Crippen LogP contribution in [-0.4, -0.2) is 41.7 Å². The lowest BCUT2D eigenvalue weighted by molar-refractivity contribution is -0.225. The van der Waals surface area contributed by atoms with Crippen molar-refractivity contribution in [3.63, 3.8) is 0 Å². The fourth-order valence-corrected chi connectivity index (χ4v) is 5.66. The van der Waals surface area contributed by atoms with E-state index in [9.17, 15) is 4.79 Å². The van der Waals surface area contributed by atoms with Gasteiger partial charge in [-0.05, 0) is 38.4 Å². The van der Waals surface area contributed by atoms with Gasteiger partial charge in [-0.15, -0.1) is 0 Å². The van der Waals surface area contributed by atoms with Gasteiger partial charge in [0.1, 0.15) is 5.54 Å². The van der Waals surface area contributed by atoms with Crippen molar-refractivity contribution in [3.8, 4) is 0 Å². The number of ether oxygens (including phenoxy) is 1. The highest BCUT2D eigenvalue weighted by atomic mass is 32.2. The zero-order valence-corrected chi connectivity index (χ0v) is 14.9. The summed E-state index contributed by atoms with van der Waals surface area (Å²) in [6.07, 6.45) is 8.97. The molecule has 22 heavy (non-hydrogen) atoms. The smallest absolute Gasteiger partial charge is 0.241 e. The molecule has 5 unspecified atom stereocenters. The molecule has 126 valence electrons. The summed E-state index contributed by atoms with van der Waals surface area (Å²) in [5.41, 5.74) is 5.61. The molecule has 1 saturated heterocycles. The number of fused-ring (bicyclic) bond motifs is 1. The Morgan fingerprint density at radius 3 is 2.77 bits per heavy atom. The van der Waals surface area contributed by atoms with Crippen LogP contribution in [0.5, 0.6) is 0 Å². The van der Waals surface area contributed by atoms with E-state index in [4.69, 9.17) is 10.5 Å². The third-order valence-corrected chi connectivity index (χ3v) is 7.45. The maximum atomic E-state index is 13.0. The second-order valence-corrected chi connectivity index (χ2v) is 8.96. The molecule has 0 aromatic rings. The average molecular weight is 327 g/mol. The second-order valence-electron chi connectivity index (χ2n) is 7.83. The molecule has 1 aliphatic heterocycles. The molecule has 3 rings (SSSR count).